The Morgan fingerprint density at radius 3 is 2.56 bits per heavy atom. The number of hydrogen-bond donors (Lipinski definition) is 3. The first kappa shape index (κ1) is 16.7. The molecular formula is C12H26N4O2. The zero-order chi connectivity index (χ0) is 13.6. The van der Waals surface area contributed by atoms with Crippen molar-refractivity contribution in [2.75, 3.05) is 39.9 Å². The standard InChI is InChI=1S/C12H26N4O2/c1-4-7-14-11(17)6-8-15-12(13-5-2)16-9-10-18-3/h4-10H2,1-3H3,(H,14,17)(H2,13,15,16). The summed E-state index contributed by atoms with van der Waals surface area (Å²) in [6.45, 7) is 7.34. The highest BCUT2D eigenvalue weighted by Gasteiger charge is 2.01. The molecule has 106 valence electrons. The van der Waals surface area contributed by atoms with Crippen molar-refractivity contribution < 1.29 is 9.53 Å². The quantitative estimate of drug-likeness (QED) is 0.312. The molecule has 3 N–H and O–H groups in total. The summed E-state index contributed by atoms with van der Waals surface area (Å²) in [7, 11) is 1.65. The Bertz CT molecular complexity index is 244. The Kier molecular flexibility index (Phi) is 11.3. The van der Waals surface area contributed by atoms with Gasteiger partial charge in [0.25, 0.3) is 0 Å². The maximum atomic E-state index is 11.4. The number of guanidine groups is 1. The fourth-order valence-corrected chi connectivity index (χ4v) is 1.24. The maximum absolute atomic E-state index is 11.4. The number of carbonyl (C=O) groups is 1. The molecule has 0 aliphatic heterocycles. The monoisotopic (exact) mass is 258 g/mol. The number of ether oxygens (including phenoxy) is 1. The molecular weight excluding hydrogens is 232 g/mol. The Morgan fingerprint density at radius 2 is 1.94 bits per heavy atom. The van der Waals surface area contributed by atoms with E-state index in [4.69, 9.17) is 4.74 Å². The zero-order valence-electron chi connectivity index (χ0n) is 11.7. The molecule has 0 fully saturated rings. The molecule has 0 aliphatic rings. The van der Waals surface area contributed by atoms with Crippen molar-refractivity contribution in [2.45, 2.75) is 26.7 Å². The Labute approximate surface area is 110 Å². The Balaban J connectivity index is 3.81. The van der Waals surface area contributed by atoms with Gasteiger partial charge >= 0.3 is 0 Å². The van der Waals surface area contributed by atoms with Crippen LogP contribution in [-0.4, -0.2) is 51.8 Å². The number of amides is 1. The van der Waals surface area contributed by atoms with E-state index in [1.54, 1.807) is 7.11 Å². The fraction of sp³-hybridized carbons (Fsp3) is 0.833. The minimum absolute atomic E-state index is 0.0667. The van der Waals surface area contributed by atoms with Gasteiger partial charge in [-0.25, -0.2) is 0 Å². The summed E-state index contributed by atoms with van der Waals surface area (Å²) in [5.41, 5.74) is 0. The maximum Gasteiger partial charge on any atom is 0.221 e. The molecule has 18 heavy (non-hydrogen) atoms. The van der Waals surface area contributed by atoms with Gasteiger partial charge in [0, 0.05) is 33.2 Å². The van der Waals surface area contributed by atoms with Crippen LogP contribution < -0.4 is 16.0 Å². The minimum atomic E-state index is 0.0667. The largest absolute Gasteiger partial charge is 0.383 e. The summed E-state index contributed by atoms with van der Waals surface area (Å²) in [6, 6.07) is 0. The highest BCUT2D eigenvalue weighted by atomic mass is 16.5. The predicted molar refractivity (Wildman–Crippen MR) is 73.8 cm³/mol. The summed E-state index contributed by atoms with van der Waals surface area (Å²) in [5.74, 6) is 0.787. The molecule has 0 aliphatic carbocycles. The number of nitrogens with one attached hydrogen (secondary N) is 3. The topological polar surface area (TPSA) is 74.8 Å². The van der Waals surface area contributed by atoms with E-state index < -0.39 is 0 Å². The SMILES string of the molecule is CCCNC(=O)CCNC(=NCCOC)NCC. The molecule has 0 heterocycles. The first-order chi connectivity index (χ1) is 8.74. The van der Waals surface area contributed by atoms with Crippen LogP contribution in [0.3, 0.4) is 0 Å². The lowest BCUT2D eigenvalue weighted by atomic mass is 10.4. The highest BCUT2D eigenvalue weighted by Crippen LogP contribution is 1.81. The number of carbonyl (C=O) groups excluding carboxylic acids is 1. The van der Waals surface area contributed by atoms with E-state index in [0.717, 1.165) is 25.5 Å². The third kappa shape index (κ3) is 9.89. The molecule has 0 saturated carbocycles. The minimum Gasteiger partial charge on any atom is -0.383 e. The predicted octanol–water partition coefficient (Wildman–Crippen LogP) is 0.104. The van der Waals surface area contributed by atoms with E-state index in [1.807, 2.05) is 13.8 Å². The lowest BCUT2D eigenvalue weighted by Gasteiger charge is -2.11. The molecule has 0 bridgehead atoms. The van der Waals surface area contributed by atoms with Gasteiger partial charge in [0.15, 0.2) is 5.96 Å². The average molecular weight is 258 g/mol. The van der Waals surface area contributed by atoms with Gasteiger partial charge in [-0.05, 0) is 13.3 Å². The van der Waals surface area contributed by atoms with Crippen molar-refractivity contribution in [1.82, 2.24) is 16.0 Å². The van der Waals surface area contributed by atoms with Crippen molar-refractivity contribution in [3.8, 4) is 0 Å². The molecule has 0 unspecified atom stereocenters. The molecule has 0 saturated heterocycles. The van der Waals surface area contributed by atoms with Crippen molar-refractivity contribution in [3.05, 3.63) is 0 Å². The molecule has 0 spiro atoms. The van der Waals surface area contributed by atoms with Crippen LogP contribution in [0, 0.1) is 0 Å². The van der Waals surface area contributed by atoms with Crippen LogP contribution in [0.25, 0.3) is 0 Å². The molecule has 0 aromatic heterocycles. The van der Waals surface area contributed by atoms with E-state index in [-0.39, 0.29) is 5.91 Å². The molecule has 0 rings (SSSR count). The lowest BCUT2D eigenvalue weighted by Crippen LogP contribution is -2.39. The van der Waals surface area contributed by atoms with Crippen LogP contribution in [-0.2, 0) is 9.53 Å². The Hall–Kier alpha value is -1.30. The normalized spacial score (nSPS) is 11.2. The molecule has 1 amide bonds. The van der Waals surface area contributed by atoms with Crippen LogP contribution >= 0.6 is 0 Å². The number of hydrogen-bond acceptors (Lipinski definition) is 3. The molecule has 0 aromatic carbocycles. The Morgan fingerprint density at radius 1 is 1.17 bits per heavy atom. The first-order valence-corrected chi connectivity index (χ1v) is 6.52. The van der Waals surface area contributed by atoms with Crippen molar-refractivity contribution in [1.29, 1.82) is 0 Å². The molecule has 0 atom stereocenters. The summed E-state index contributed by atoms with van der Waals surface area (Å²) < 4.78 is 4.93. The van der Waals surface area contributed by atoms with Gasteiger partial charge in [-0.1, -0.05) is 6.92 Å². The van der Waals surface area contributed by atoms with Crippen molar-refractivity contribution in [3.63, 3.8) is 0 Å². The first-order valence-electron chi connectivity index (χ1n) is 6.52. The second kappa shape index (κ2) is 12.2. The number of nitrogens with zero attached hydrogens (tertiary/aromatic N) is 1. The van der Waals surface area contributed by atoms with Crippen LogP contribution in [0.5, 0.6) is 0 Å². The molecule has 0 radical (unpaired) electrons. The zero-order valence-corrected chi connectivity index (χ0v) is 11.7. The molecule has 6 nitrogen and oxygen atoms in total. The van der Waals surface area contributed by atoms with Gasteiger partial charge in [0.05, 0.1) is 13.2 Å². The smallest absolute Gasteiger partial charge is 0.221 e. The molecule has 6 heteroatoms. The average Bonchev–Trinajstić information content (AvgIpc) is 2.36. The van der Waals surface area contributed by atoms with Crippen LogP contribution in [0.15, 0.2) is 4.99 Å². The highest BCUT2D eigenvalue weighted by molar-refractivity contribution is 5.81. The van der Waals surface area contributed by atoms with Crippen molar-refractivity contribution in [2.24, 2.45) is 4.99 Å². The molecule has 0 aromatic rings. The van der Waals surface area contributed by atoms with E-state index >= 15 is 0 Å². The number of aliphatic imine (C=N–C) groups is 1. The second-order valence-electron chi connectivity index (χ2n) is 3.78. The van der Waals surface area contributed by atoms with E-state index in [2.05, 4.69) is 20.9 Å². The summed E-state index contributed by atoms with van der Waals surface area (Å²) in [6.07, 6.45) is 1.41. The van der Waals surface area contributed by atoms with Gasteiger partial charge in [-0.15, -0.1) is 0 Å². The van der Waals surface area contributed by atoms with Gasteiger partial charge in [-0.3, -0.25) is 9.79 Å². The summed E-state index contributed by atoms with van der Waals surface area (Å²) in [5, 5.41) is 9.05. The van der Waals surface area contributed by atoms with E-state index in [9.17, 15) is 4.79 Å². The van der Waals surface area contributed by atoms with E-state index in [0.29, 0.717) is 26.1 Å². The number of methoxy groups -OCH3 is 1. The summed E-state index contributed by atoms with van der Waals surface area (Å²) in [4.78, 5) is 15.7. The third-order valence-corrected chi connectivity index (χ3v) is 2.13. The van der Waals surface area contributed by atoms with Crippen LogP contribution in [0.4, 0.5) is 0 Å². The fourth-order valence-electron chi connectivity index (χ4n) is 1.24. The van der Waals surface area contributed by atoms with Gasteiger partial charge in [0.1, 0.15) is 0 Å². The second-order valence-corrected chi connectivity index (χ2v) is 3.78. The third-order valence-electron chi connectivity index (χ3n) is 2.13. The van der Waals surface area contributed by atoms with Gasteiger partial charge in [-0.2, -0.15) is 0 Å². The van der Waals surface area contributed by atoms with Gasteiger partial charge < -0.3 is 20.7 Å². The van der Waals surface area contributed by atoms with Crippen LogP contribution in [0.2, 0.25) is 0 Å². The van der Waals surface area contributed by atoms with E-state index in [1.165, 1.54) is 0 Å². The lowest BCUT2D eigenvalue weighted by molar-refractivity contribution is -0.120. The van der Waals surface area contributed by atoms with Crippen molar-refractivity contribution >= 4 is 11.9 Å². The number of rotatable bonds is 9. The van der Waals surface area contributed by atoms with Crippen LogP contribution in [0.1, 0.15) is 26.7 Å². The van der Waals surface area contributed by atoms with Gasteiger partial charge in [0.2, 0.25) is 5.91 Å². The summed E-state index contributed by atoms with van der Waals surface area (Å²) >= 11 is 0.